The Balaban J connectivity index is 1.88. The molecule has 0 saturated carbocycles. The number of fused-ring (bicyclic) bond motifs is 1. The molecule has 2 aliphatic rings. The van der Waals surface area contributed by atoms with E-state index in [1.54, 1.807) is 0 Å². The molecule has 0 spiro atoms. The highest BCUT2D eigenvalue weighted by atomic mass is 16.5. The van der Waals surface area contributed by atoms with Gasteiger partial charge in [0.05, 0.1) is 13.4 Å². The van der Waals surface area contributed by atoms with E-state index in [0.29, 0.717) is 23.5 Å². The summed E-state index contributed by atoms with van der Waals surface area (Å²) in [6, 6.07) is 0.518. The first-order valence-electron chi connectivity index (χ1n) is 6.39. The molecule has 0 radical (unpaired) electrons. The van der Waals surface area contributed by atoms with Crippen LogP contribution in [0.25, 0.3) is 0 Å². The third-order valence-corrected chi connectivity index (χ3v) is 3.89. The van der Waals surface area contributed by atoms with Gasteiger partial charge in [-0.2, -0.15) is 0 Å². The van der Waals surface area contributed by atoms with Crippen LogP contribution in [0.3, 0.4) is 0 Å². The standard InChI is InChI=1S/C12H18N4O2/c1-18-10-11(14-7-15-12(10)17)16-5-8-3-2-4-13-9(8)6-16/h7-9,13H,2-6H2,1H3,(H,14,15,17)/t8-,9+/m0/s1. The van der Waals surface area contributed by atoms with Gasteiger partial charge in [0, 0.05) is 19.1 Å². The zero-order valence-electron chi connectivity index (χ0n) is 10.5. The number of hydrogen-bond donors (Lipinski definition) is 2. The molecule has 2 N–H and O–H groups in total. The Morgan fingerprint density at radius 2 is 2.39 bits per heavy atom. The van der Waals surface area contributed by atoms with Crippen LogP contribution >= 0.6 is 0 Å². The molecule has 0 aliphatic carbocycles. The van der Waals surface area contributed by atoms with Crippen molar-refractivity contribution in [3.05, 3.63) is 16.7 Å². The minimum Gasteiger partial charge on any atom is -0.489 e. The molecule has 0 bridgehead atoms. The molecular formula is C12H18N4O2. The van der Waals surface area contributed by atoms with Gasteiger partial charge in [-0.1, -0.05) is 0 Å². The molecule has 0 amide bonds. The number of methoxy groups -OCH3 is 1. The van der Waals surface area contributed by atoms with Crippen molar-refractivity contribution in [2.24, 2.45) is 5.92 Å². The average Bonchev–Trinajstić information content (AvgIpc) is 2.82. The molecule has 3 rings (SSSR count). The number of nitrogens with one attached hydrogen (secondary N) is 2. The molecule has 6 nitrogen and oxygen atoms in total. The summed E-state index contributed by atoms with van der Waals surface area (Å²) in [4.78, 5) is 20.6. The largest absolute Gasteiger partial charge is 0.489 e. The maximum absolute atomic E-state index is 11.7. The number of hydrogen-bond acceptors (Lipinski definition) is 5. The van der Waals surface area contributed by atoms with E-state index in [0.717, 1.165) is 19.6 Å². The predicted octanol–water partition coefficient (Wildman–Crippen LogP) is -0.0333. The van der Waals surface area contributed by atoms with Crippen molar-refractivity contribution in [1.82, 2.24) is 15.3 Å². The molecule has 1 aromatic rings. The van der Waals surface area contributed by atoms with Crippen LogP contribution in [0.2, 0.25) is 0 Å². The topological polar surface area (TPSA) is 70.2 Å². The van der Waals surface area contributed by atoms with Crippen molar-refractivity contribution < 1.29 is 4.74 Å². The minimum atomic E-state index is -0.217. The molecule has 18 heavy (non-hydrogen) atoms. The van der Waals surface area contributed by atoms with E-state index in [9.17, 15) is 4.79 Å². The van der Waals surface area contributed by atoms with Crippen molar-refractivity contribution in [2.45, 2.75) is 18.9 Å². The summed E-state index contributed by atoms with van der Waals surface area (Å²) in [6.45, 7) is 2.94. The van der Waals surface area contributed by atoms with E-state index >= 15 is 0 Å². The molecule has 0 aromatic carbocycles. The summed E-state index contributed by atoms with van der Waals surface area (Å²) in [5, 5.41) is 3.54. The lowest BCUT2D eigenvalue weighted by atomic mass is 9.94. The second-order valence-electron chi connectivity index (χ2n) is 4.96. The number of nitrogens with zero attached hydrogens (tertiary/aromatic N) is 2. The van der Waals surface area contributed by atoms with Gasteiger partial charge in [0.1, 0.15) is 0 Å². The van der Waals surface area contributed by atoms with Crippen LogP contribution < -0.4 is 20.5 Å². The summed E-state index contributed by atoms with van der Waals surface area (Å²) in [7, 11) is 1.51. The number of ether oxygens (including phenoxy) is 1. The smallest absolute Gasteiger partial charge is 0.295 e. The maximum Gasteiger partial charge on any atom is 0.295 e. The van der Waals surface area contributed by atoms with E-state index in [4.69, 9.17) is 4.74 Å². The van der Waals surface area contributed by atoms with Crippen molar-refractivity contribution in [2.75, 3.05) is 31.6 Å². The Labute approximate surface area is 105 Å². The fourth-order valence-corrected chi connectivity index (χ4v) is 3.01. The van der Waals surface area contributed by atoms with Crippen molar-refractivity contribution in [1.29, 1.82) is 0 Å². The maximum atomic E-state index is 11.7. The first-order chi connectivity index (χ1) is 8.79. The third-order valence-electron chi connectivity index (χ3n) is 3.89. The van der Waals surface area contributed by atoms with Gasteiger partial charge in [0.15, 0.2) is 5.82 Å². The third kappa shape index (κ3) is 1.86. The second-order valence-corrected chi connectivity index (χ2v) is 4.96. The fourth-order valence-electron chi connectivity index (χ4n) is 3.01. The highest BCUT2D eigenvalue weighted by Gasteiger charge is 2.36. The number of aromatic nitrogens is 2. The van der Waals surface area contributed by atoms with E-state index in [2.05, 4.69) is 20.2 Å². The molecule has 3 heterocycles. The highest BCUT2D eigenvalue weighted by Crippen LogP contribution is 2.30. The normalized spacial score (nSPS) is 27.1. The number of H-pyrrole nitrogens is 1. The lowest BCUT2D eigenvalue weighted by Crippen LogP contribution is -2.40. The Morgan fingerprint density at radius 3 is 3.17 bits per heavy atom. The Hall–Kier alpha value is -1.56. The van der Waals surface area contributed by atoms with Crippen molar-refractivity contribution in [3.8, 4) is 5.75 Å². The lowest BCUT2D eigenvalue weighted by Gasteiger charge is -2.24. The van der Waals surface area contributed by atoms with E-state index in [1.807, 2.05) is 0 Å². The van der Waals surface area contributed by atoms with Gasteiger partial charge in [0.25, 0.3) is 5.56 Å². The molecule has 2 fully saturated rings. The van der Waals surface area contributed by atoms with Crippen LogP contribution in [-0.4, -0.2) is 42.8 Å². The number of anilines is 1. The van der Waals surface area contributed by atoms with Gasteiger partial charge in [-0.05, 0) is 25.3 Å². The molecular weight excluding hydrogens is 232 g/mol. The van der Waals surface area contributed by atoms with Crippen LogP contribution in [0, 0.1) is 5.92 Å². The van der Waals surface area contributed by atoms with Crippen LogP contribution in [0.5, 0.6) is 5.75 Å². The predicted molar refractivity (Wildman–Crippen MR) is 68.1 cm³/mol. The minimum absolute atomic E-state index is 0.217. The molecule has 98 valence electrons. The number of rotatable bonds is 2. The summed E-state index contributed by atoms with van der Waals surface area (Å²) in [6.07, 6.45) is 3.92. The molecule has 2 saturated heterocycles. The van der Waals surface area contributed by atoms with Crippen molar-refractivity contribution in [3.63, 3.8) is 0 Å². The summed E-state index contributed by atoms with van der Waals surface area (Å²) < 4.78 is 5.17. The molecule has 6 heteroatoms. The van der Waals surface area contributed by atoms with Crippen LogP contribution in [0.1, 0.15) is 12.8 Å². The zero-order valence-corrected chi connectivity index (χ0v) is 10.5. The summed E-state index contributed by atoms with van der Waals surface area (Å²) in [5.74, 6) is 1.64. The van der Waals surface area contributed by atoms with Gasteiger partial charge < -0.3 is 19.9 Å². The van der Waals surface area contributed by atoms with Gasteiger partial charge >= 0.3 is 0 Å². The van der Waals surface area contributed by atoms with Gasteiger partial charge in [-0.15, -0.1) is 0 Å². The van der Waals surface area contributed by atoms with Crippen LogP contribution in [-0.2, 0) is 0 Å². The van der Waals surface area contributed by atoms with E-state index in [-0.39, 0.29) is 5.56 Å². The molecule has 0 unspecified atom stereocenters. The van der Waals surface area contributed by atoms with Crippen LogP contribution in [0.4, 0.5) is 5.82 Å². The monoisotopic (exact) mass is 250 g/mol. The number of piperidine rings is 1. The second kappa shape index (κ2) is 4.61. The summed E-state index contributed by atoms with van der Waals surface area (Å²) in [5.41, 5.74) is -0.217. The lowest BCUT2D eigenvalue weighted by molar-refractivity contribution is 0.340. The van der Waals surface area contributed by atoms with Crippen LogP contribution in [0.15, 0.2) is 11.1 Å². The van der Waals surface area contributed by atoms with Gasteiger partial charge in [-0.25, -0.2) is 4.98 Å². The first-order valence-corrected chi connectivity index (χ1v) is 6.39. The highest BCUT2D eigenvalue weighted by molar-refractivity contribution is 5.52. The Kier molecular flexibility index (Phi) is 2.95. The molecule has 1 aromatic heterocycles. The van der Waals surface area contributed by atoms with Gasteiger partial charge in [0.2, 0.25) is 5.75 Å². The van der Waals surface area contributed by atoms with Gasteiger partial charge in [-0.3, -0.25) is 4.79 Å². The fraction of sp³-hybridized carbons (Fsp3) is 0.667. The SMILES string of the molecule is COc1c(N2C[C@@H]3CCCN[C@@H]3C2)nc[nH]c1=O. The van der Waals surface area contributed by atoms with E-state index in [1.165, 1.54) is 26.3 Å². The Morgan fingerprint density at radius 1 is 1.50 bits per heavy atom. The first kappa shape index (κ1) is 11.5. The van der Waals surface area contributed by atoms with E-state index < -0.39 is 0 Å². The Bertz CT molecular complexity index is 473. The molecule has 2 atom stereocenters. The quantitative estimate of drug-likeness (QED) is 0.771. The molecule has 2 aliphatic heterocycles. The van der Waals surface area contributed by atoms with Crippen molar-refractivity contribution >= 4 is 5.82 Å². The average molecular weight is 250 g/mol. The summed E-state index contributed by atoms with van der Waals surface area (Å²) >= 11 is 0. The zero-order chi connectivity index (χ0) is 12.5. The number of aromatic amines is 1.